The van der Waals surface area contributed by atoms with Gasteiger partial charge in [0.05, 0.1) is 15.6 Å². The van der Waals surface area contributed by atoms with Crippen LogP contribution in [0.3, 0.4) is 0 Å². The molecule has 1 aromatic heterocycles. The zero-order chi connectivity index (χ0) is 19.8. The first-order valence-electron chi connectivity index (χ1n) is 8.63. The second-order valence-corrected chi connectivity index (χ2v) is 9.60. The Morgan fingerprint density at radius 2 is 1.74 bits per heavy atom. The van der Waals surface area contributed by atoms with Crippen LogP contribution in [0.5, 0.6) is 0 Å². The highest BCUT2D eigenvalue weighted by Crippen LogP contribution is 2.43. The number of carbonyl (C=O) groups is 1. The minimum atomic E-state index is -0.160. The maximum atomic E-state index is 13.3. The van der Waals surface area contributed by atoms with Crippen molar-refractivity contribution >= 4 is 45.3 Å². The van der Waals surface area contributed by atoms with Gasteiger partial charge in [0, 0.05) is 15.5 Å². The number of nitrogen functional groups attached to an aromatic ring is 1. The summed E-state index contributed by atoms with van der Waals surface area (Å²) in [4.78, 5) is 14.4. The summed E-state index contributed by atoms with van der Waals surface area (Å²) in [6.07, 6.45) is 0.733. The molecule has 0 saturated heterocycles. The van der Waals surface area contributed by atoms with Gasteiger partial charge in [0.1, 0.15) is 0 Å². The predicted molar refractivity (Wildman–Crippen MR) is 117 cm³/mol. The molecule has 1 heterocycles. The monoisotopic (exact) mass is 417 g/mol. The van der Waals surface area contributed by atoms with Gasteiger partial charge < -0.3 is 5.73 Å². The molecule has 0 aliphatic rings. The van der Waals surface area contributed by atoms with Crippen molar-refractivity contribution in [1.29, 1.82) is 0 Å². The second-order valence-electron chi connectivity index (χ2n) is 7.71. The van der Waals surface area contributed by atoms with Crippen molar-refractivity contribution in [3.05, 3.63) is 75.3 Å². The highest BCUT2D eigenvalue weighted by molar-refractivity contribution is 7.20. The average molecular weight is 418 g/mol. The number of anilines is 1. The molecule has 27 heavy (non-hydrogen) atoms. The molecular formula is C22H21Cl2NOS. The number of rotatable bonds is 4. The van der Waals surface area contributed by atoms with Gasteiger partial charge in [-0.25, -0.2) is 0 Å². The Hall–Kier alpha value is -1.81. The van der Waals surface area contributed by atoms with Gasteiger partial charge in [-0.2, -0.15) is 0 Å². The molecule has 5 heteroatoms. The van der Waals surface area contributed by atoms with Gasteiger partial charge in [-0.15, -0.1) is 11.3 Å². The minimum Gasteiger partial charge on any atom is -0.390 e. The van der Waals surface area contributed by atoms with Crippen LogP contribution in [-0.4, -0.2) is 5.78 Å². The van der Waals surface area contributed by atoms with Crippen molar-refractivity contribution in [2.24, 2.45) is 5.41 Å². The normalized spacial score (nSPS) is 11.6. The van der Waals surface area contributed by atoms with Crippen LogP contribution in [-0.2, 0) is 6.42 Å². The fourth-order valence-corrected chi connectivity index (χ4v) is 4.65. The van der Waals surface area contributed by atoms with Crippen molar-refractivity contribution < 1.29 is 4.79 Å². The van der Waals surface area contributed by atoms with Crippen LogP contribution >= 0.6 is 34.5 Å². The molecule has 2 aromatic carbocycles. The third-order valence-electron chi connectivity index (χ3n) is 4.18. The number of ketones is 1. The number of carbonyl (C=O) groups excluding carboxylic acids is 1. The van der Waals surface area contributed by atoms with E-state index in [9.17, 15) is 4.79 Å². The molecule has 3 aromatic rings. The summed E-state index contributed by atoms with van der Waals surface area (Å²) in [5.41, 5.74) is 9.36. The lowest BCUT2D eigenvalue weighted by atomic mass is 9.84. The van der Waals surface area contributed by atoms with E-state index in [0.717, 1.165) is 22.4 Å². The van der Waals surface area contributed by atoms with Gasteiger partial charge in [0.15, 0.2) is 5.78 Å². The zero-order valence-electron chi connectivity index (χ0n) is 15.5. The lowest BCUT2D eigenvalue weighted by Crippen LogP contribution is -2.14. The highest BCUT2D eigenvalue weighted by atomic mass is 35.5. The first kappa shape index (κ1) is 19.9. The van der Waals surface area contributed by atoms with Crippen LogP contribution in [0.15, 0.2) is 48.5 Å². The minimum absolute atomic E-state index is 0.00410. The van der Waals surface area contributed by atoms with Crippen molar-refractivity contribution in [3.63, 3.8) is 0 Å². The van der Waals surface area contributed by atoms with E-state index < -0.39 is 0 Å². The van der Waals surface area contributed by atoms with Crippen molar-refractivity contribution in [2.45, 2.75) is 27.2 Å². The van der Waals surface area contributed by atoms with E-state index in [1.165, 1.54) is 11.3 Å². The SMILES string of the molecule is CC(C)(C)Cc1c(-c2ccccc2)sc(N)c1C(=O)c1ccc(Cl)cc1Cl. The largest absolute Gasteiger partial charge is 0.390 e. The van der Waals surface area contributed by atoms with E-state index in [0.29, 0.717) is 26.2 Å². The number of hydrogen-bond acceptors (Lipinski definition) is 3. The Kier molecular flexibility index (Phi) is 5.66. The molecule has 2 nitrogen and oxygen atoms in total. The van der Waals surface area contributed by atoms with Crippen molar-refractivity contribution in [2.75, 3.05) is 5.73 Å². The Balaban J connectivity index is 2.20. The van der Waals surface area contributed by atoms with Crippen molar-refractivity contribution in [1.82, 2.24) is 0 Å². The smallest absolute Gasteiger partial charge is 0.197 e. The van der Waals surface area contributed by atoms with Gasteiger partial charge in [-0.05, 0) is 41.2 Å². The molecule has 0 amide bonds. The Labute approximate surface area is 173 Å². The van der Waals surface area contributed by atoms with E-state index in [1.54, 1.807) is 18.2 Å². The first-order chi connectivity index (χ1) is 12.7. The van der Waals surface area contributed by atoms with Crippen LogP contribution in [0.25, 0.3) is 10.4 Å². The molecule has 0 aliphatic carbocycles. The quantitative estimate of drug-likeness (QED) is 0.458. The fraction of sp³-hybridized carbons (Fsp3) is 0.227. The van der Waals surface area contributed by atoms with Crippen LogP contribution in [0, 0.1) is 5.41 Å². The second kappa shape index (κ2) is 7.67. The fourth-order valence-electron chi connectivity index (χ4n) is 3.06. The van der Waals surface area contributed by atoms with Crippen LogP contribution in [0.4, 0.5) is 5.00 Å². The summed E-state index contributed by atoms with van der Waals surface area (Å²) >= 11 is 13.7. The van der Waals surface area contributed by atoms with Crippen LogP contribution in [0.1, 0.15) is 42.3 Å². The highest BCUT2D eigenvalue weighted by Gasteiger charge is 2.28. The van der Waals surface area contributed by atoms with E-state index >= 15 is 0 Å². The van der Waals surface area contributed by atoms with E-state index in [2.05, 4.69) is 20.8 Å². The molecule has 3 rings (SSSR count). The van der Waals surface area contributed by atoms with Crippen LogP contribution < -0.4 is 5.73 Å². The number of hydrogen-bond donors (Lipinski definition) is 1. The van der Waals surface area contributed by atoms with Gasteiger partial charge in [0.25, 0.3) is 0 Å². The van der Waals surface area contributed by atoms with Crippen molar-refractivity contribution in [3.8, 4) is 10.4 Å². The maximum Gasteiger partial charge on any atom is 0.197 e. The van der Waals surface area contributed by atoms with Gasteiger partial charge >= 0.3 is 0 Å². The molecule has 0 aliphatic heterocycles. The summed E-state index contributed by atoms with van der Waals surface area (Å²) in [6, 6.07) is 15.0. The Morgan fingerprint density at radius 3 is 2.33 bits per heavy atom. The average Bonchev–Trinajstić information content (AvgIpc) is 2.89. The molecule has 2 N–H and O–H groups in total. The van der Waals surface area contributed by atoms with Crippen LogP contribution in [0.2, 0.25) is 10.0 Å². The number of halogens is 2. The van der Waals surface area contributed by atoms with E-state index in [4.69, 9.17) is 28.9 Å². The Morgan fingerprint density at radius 1 is 1.07 bits per heavy atom. The lowest BCUT2D eigenvalue weighted by Gasteiger charge is -2.20. The molecular weight excluding hydrogens is 397 g/mol. The Bertz CT molecular complexity index is 988. The summed E-state index contributed by atoms with van der Waals surface area (Å²) in [7, 11) is 0. The molecule has 0 fully saturated rings. The zero-order valence-corrected chi connectivity index (χ0v) is 17.8. The summed E-state index contributed by atoms with van der Waals surface area (Å²) in [6.45, 7) is 6.46. The first-order valence-corrected chi connectivity index (χ1v) is 10.2. The topological polar surface area (TPSA) is 43.1 Å². The molecule has 0 bridgehead atoms. The molecule has 0 saturated carbocycles. The number of benzene rings is 2. The predicted octanol–water partition coefficient (Wildman–Crippen LogP) is 7.12. The maximum absolute atomic E-state index is 13.3. The number of thiophene rings is 1. The summed E-state index contributed by atoms with van der Waals surface area (Å²) < 4.78 is 0. The van der Waals surface area contributed by atoms with E-state index in [1.807, 2.05) is 30.3 Å². The summed E-state index contributed by atoms with van der Waals surface area (Å²) in [5.74, 6) is -0.160. The molecule has 0 spiro atoms. The van der Waals surface area contributed by atoms with E-state index in [-0.39, 0.29) is 11.2 Å². The third-order valence-corrected chi connectivity index (χ3v) is 5.84. The number of nitrogens with two attached hydrogens (primary N) is 1. The molecule has 140 valence electrons. The van der Waals surface area contributed by atoms with Gasteiger partial charge in [-0.3, -0.25) is 4.79 Å². The third kappa shape index (κ3) is 4.37. The standard InChI is InChI=1S/C22H21Cl2NOS/c1-22(2,3)12-16-18(19(26)15-10-9-14(23)11-17(15)24)21(25)27-20(16)13-7-5-4-6-8-13/h4-11H,12,25H2,1-3H3. The summed E-state index contributed by atoms with van der Waals surface area (Å²) in [5, 5.41) is 1.35. The molecule has 0 unspecified atom stereocenters. The lowest BCUT2D eigenvalue weighted by molar-refractivity contribution is 0.103. The molecule has 0 atom stereocenters. The van der Waals surface area contributed by atoms with Gasteiger partial charge in [-0.1, -0.05) is 74.3 Å². The van der Waals surface area contributed by atoms with Gasteiger partial charge in [0.2, 0.25) is 0 Å². The molecule has 0 radical (unpaired) electrons.